The molecule has 0 unspecified atom stereocenters. The van der Waals surface area contributed by atoms with Gasteiger partial charge >= 0.3 is 5.69 Å². The molecule has 0 aliphatic carbocycles. The number of pyridine rings is 1. The van der Waals surface area contributed by atoms with Crippen molar-refractivity contribution in [1.82, 2.24) is 19.0 Å². The minimum absolute atomic E-state index is 0.00735. The Morgan fingerprint density at radius 3 is 2.26 bits per heavy atom. The summed E-state index contributed by atoms with van der Waals surface area (Å²) in [6.45, 7) is 10.9. The number of rotatable bonds is 11. The fourth-order valence-corrected chi connectivity index (χ4v) is 6.41. The summed E-state index contributed by atoms with van der Waals surface area (Å²) in [4.78, 5) is 22.7. The Morgan fingerprint density at radius 2 is 1.62 bits per heavy atom. The van der Waals surface area contributed by atoms with Crippen LogP contribution in [0.3, 0.4) is 0 Å². The van der Waals surface area contributed by atoms with Crippen LogP contribution in [0.5, 0.6) is 17.4 Å². The van der Waals surface area contributed by atoms with Crippen LogP contribution in [0.1, 0.15) is 26.3 Å². The standard InChI is InChI=1S/C39H44ClN5O5/c1-39(2,3)44-19-17-43(18-20-44)30-9-7-8-29(22-30)36-37(50-26-47-5)32(24-35(41-36)49-25-27-10-13-31(48-6)14-11-27)28-12-15-34(33(40)23-28)45-21-16-42(4)38(45)46/h7-16,21-24H,17-20,25-26H2,1-6H3. The van der Waals surface area contributed by atoms with Crippen LogP contribution in [0, 0.1) is 0 Å². The van der Waals surface area contributed by atoms with E-state index in [-0.39, 0.29) is 18.0 Å². The summed E-state index contributed by atoms with van der Waals surface area (Å²) >= 11 is 6.86. The van der Waals surface area contributed by atoms with Crippen molar-refractivity contribution in [3.8, 4) is 45.5 Å². The number of ether oxygens (including phenoxy) is 4. The highest BCUT2D eigenvalue weighted by atomic mass is 35.5. The summed E-state index contributed by atoms with van der Waals surface area (Å²) in [5.41, 5.74) is 5.56. The Labute approximate surface area is 298 Å². The van der Waals surface area contributed by atoms with Crippen molar-refractivity contribution in [3.05, 3.63) is 106 Å². The second-order valence-electron chi connectivity index (χ2n) is 13.3. The molecule has 11 heteroatoms. The summed E-state index contributed by atoms with van der Waals surface area (Å²) in [6, 6.07) is 23.5. The Balaban J connectivity index is 1.43. The number of imidazole rings is 1. The van der Waals surface area contributed by atoms with E-state index in [1.165, 1.54) is 9.13 Å². The molecule has 1 aliphatic heterocycles. The third-order valence-corrected chi connectivity index (χ3v) is 9.30. The van der Waals surface area contributed by atoms with Crippen LogP contribution >= 0.6 is 11.6 Å². The SMILES string of the molecule is COCOc1c(-c2ccc(-n3ccn(C)c3=O)c(Cl)c2)cc(OCc2ccc(OC)cc2)nc1-c1cccc(N2CCN(C(C)(C)C)CC2)c1. The zero-order valence-electron chi connectivity index (χ0n) is 29.5. The average molecular weight is 698 g/mol. The second kappa shape index (κ2) is 15.0. The van der Waals surface area contributed by atoms with Crippen molar-refractivity contribution in [2.45, 2.75) is 32.9 Å². The largest absolute Gasteiger partial charge is 0.497 e. The number of hydrogen-bond donors (Lipinski definition) is 0. The summed E-state index contributed by atoms with van der Waals surface area (Å²) < 4.78 is 26.4. The highest BCUT2D eigenvalue weighted by Gasteiger charge is 2.27. The van der Waals surface area contributed by atoms with Gasteiger partial charge in [0.2, 0.25) is 5.88 Å². The number of aromatic nitrogens is 3. The second-order valence-corrected chi connectivity index (χ2v) is 13.7. The third kappa shape index (κ3) is 7.67. The normalized spacial score (nSPS) is 13.8. The molecule has 0 N–H and O–H groups in total. The zero-order chi connectivity index (χ0) is 35.4. The van der Waals surface area contributed by atoms with E-state index in [4.69, 9.17) is 35.5 Å². The van der Waals surface area contributed by atoms with Gasteiger partial charge in [-0.05, 0) is 68.3 Å². The van der Waals surface area contributed by atoms with Crippen LogP contribution in [-0.4, -0.2) is 71.7 Å². The molecule has 0 radical (unpaired) electrons. The Kier molecular flexibility index (Phi) is 10.5. The molecule has 2 aromatic heterocycles. The number of piperazine rings is 1. The van der Waals surface area contributed by atoms with Crippen LogP contribution in [0.15, 0.2) is 90.0 Å². The van der Waals surface area contributed by atoms with Gasteiger partial charge in [-0.1, -0.05) is 41.9 Å². The van der Waals surface area contributed by atoms with E-state index in [9.17, 15) is 4.79 Å². The van der Waals surface area contributed by atoms with Crippen molar-refractivity contribution >= 4 is 17.3 Å². The first kappa shape index (κ1) is 35.1. The van der Waals surface area contributed by atoms with Crippen LogP contribution in [0.4, 0.5) is 5.69 Å². The fraction of sp³-hybridized carbons (Fsp3) is 0.333. The van der Waals surface area contributed by atoms with E-state index in [0.717, 1.165) is 59.9 Å². The minimum Gasteiger partial charge on any atom is -0.497 e. The first-order valence-electron chi connectivity index (χ1n) is 16.6. The number of anilines is 1. The molecule has 1 fully saturated rings. The van der Waals surface area contributed by atoms with Gasteiger partial charge in [-0.3, -0.25) is 9.47 Å². The lowest BCUT2D eigenvalue weighted by atomic mass is 10.0. The Bertz CT molecular complexity index is 1990. The summed E-state index contributed by atoms with van der Waals surface area (Å²) in [7, 11) is 4.93. The molecule has 1 saturated heterocycles. The lowest BCUT2D eigenvalue weighted by Crippen LogP contribution is -2.53. The highest BCUT2D eigenvalue weighted by molar-refractivity contribution is 6.32. The molecule has 50 heavy (non-hydrogen) atoms. The molecule has 0 amide bonds. The van der Waals surface area contributed by atoms with Gasteiger partial charge in [0.05, 0.1) is 17.8 Å². The number of methoxy groups -OCH3 is 2. The minimum atomic E-state index is -0.191. The van der Waals surface area contributed by atoms with Crippen molar-refractivity contribution in [1.29, 1.82) is 0 Å². The van der Waals surface area contributed by atoms with Gasteiger partial charge in [-0.25, -0.2) is 9.78 Å². The maximum Gasteiger partial charge on any atom is 0.332 e. The molecular formula is C39H44ClN5O5. The lowest BCUT2D eigenvalue weighted by molar-refractivity contribution is 0.0516. The van der Waals surface area contributed by atoms with E-state index < -0.39 is 0 Å². The molecule has 3 heterocycles. The number of hydrogen-bond acceptors (Lipinski definition) is 8. The molecule has 1 aliphatic rings. The fourth-order valence-electron chi connectivity index (χ4n) is 6.14. The molecule has 3 aromatic carbocycles. The summed E-state index contributed by atoms with van der Waals surface area (Å²) in [5, 5.41) is 0.406. The van der Waals surface area contributed by atoms with Gasteiger partial charge in [0.1, 0.15) is 18.1 Å². The predicted molar refractivity (Wildman–Crippen MR) is 198 cm³/mol. The molecule has 262 valence electrons. The predicted octanol–water partition coefficient (Wildman–Crippen LogP) is 7.05. The topological polar surface area (TPSA) is 83.2 Å². The number of halogens is 1. The van der Waals surface area contributed by atoms with Crippen molar-refractivity contribution in [2.75, 3.05) is 52.1 Å². The maximum absolute atomic E-state index is 12.7. The van der Waals surface area contributed by atoms with E-state index in [2.05, 4.69) is 48.8 Å². The monoisotopic (exact) mass is 697 g/mol. The molecule has 0 atom stereocenters. The quantitative estimate of drug-likeness (QED) is 0.136. The van der Waals surface area contributed by atoms with E-state index in [1.807, 2.05) is 54.6 Å². The average Bonchev–Trinajstić information content (AvgIpc) is 3.46. The van der Waals surface area contributed by atoms with Gasteiger partial charge in [-0.2, -0.15) is 0 Å². The maximum atomic E-state index is 12.7. The molecule has 10 nitrogen and oxygen atoms in total. The number of aryl methyl sites for hydroxylation is 1. The Morgan fingerprint density at radius 1 is 0.860 bits per heavy atom. The number of nitrogens with zero attached hydrogens (tertiary/aromatic N) is 5. The van der Waals surface area contributed by atoms with Crippen molar-refractivity contribution < 1.29 is 18.9 Å². The lowest BCUT2D eigenvalue weighted by Gasteiger charge is -2.43. The first-order chi connectivity index (χ1) is 24.0. The van der Waals surface area contributed by atoms with Gasteiger partial charge < -0.3 is 28.4 Å². The van der Waals surface area contributed by atoms with Crippen molar-refractivity contribution in [2.24, 2.45) is 7.05 Å². The summed E-state index contributed by atoms with van der Waals surface area (Å²) in [5.74, 6) is 1.71. The van der Waals surface area contributed by atoms with Crippen LogP contribution in [-0.2, 0) is 18.4 Å². The molecule has 0 bridgehead atoms. The van der Waals surface area contributed by atoms with Gasteiger partial charge in [-0.15, -0.1) is 0 Å². The van der Waals surface area contributed by atoms with Crippen LogP contribution in [0.25, 0.3) is 28.1 Å². The van der Waals surface area contributed by atoms with E-state index in [0.29, 0.717) is 34.6 Å². The van der Waals surface area contributed by atoms with Crippen LogP contribution < -0.4 is 24.8 Å². The van der Waals surface area contributed by atoms with E-state index >= 15 is 0 Å². The smallest absolute Gasteiger partial charge is 0.332 e. The first-order valence-corrected chi connectivity index (χ1v) is 17.0. The molecule has 0 saturated carbocycles. The molecule has 0 spiro atoms. The summed E-state index contributed by atoms with van der Waals surface area (Å²) in [6.07, 6.45) is 3.39. The molecule has 6 rings (SSSR count). The van der Waals surface area contributed by atoms with Gasteiger partial charge in [0.25, 0.3) is 0 Å². The number of benzene rings is 3. The Hall–Kier alpha value is -4.77. The van der Waals surface area contributed by atoms with Gasteiger partial charge in [0, 0.05) is 81.1 Å². The third-order valence-electron chi connectivity index (χ3n) is 8.99. The molecular weight excluding hydrogens is 654 g/mol. The van der Waals surface area contributed by atoms with Crippen LogP contribution in [0.2, 0.25) is 5.02 Å². The molecule has 5 aromatic rings. The van der Waals surface area contributed by atoms with Crippen molar-refractivity contribution in [3.63, 3.8) is 0 Å². The zero-order valence-corrected chi connectivity index (χ0v) is 30.2. The van der Waals surface area contributed by atoms with E-state index in [1.54, 1.807) is 33.7 Å². The highest BCUT2D eigenvalue weighted by Crippen LogP contribution is 2.42. The van der Waals surface area contributed by atoms with Gasteiger partial charge in [0.15, 0.2) is 12.5 Å².